The normalized spacial score (nSPS) is 14.7. The largest absolute Gasteiger partial charge is 0.463 e. The van der Waals surface area contributed by atoms with Crippen LogP contribution in [0.25, 0.3) is 11.5 Å². The van der Waals surface area contributed by atoms with Gasteiger partial charge in [-0.3, -0.25) is 5.10 Å². The number of hydrogen-bond donors (Lipinski definition) is 2. The highest BCUT2D eigenvalue weighted by Crippen LogP contribution is 2.28. The van der Waals surface area contributed by atoms with Crippen LogP contribution in [0.15, 0.2) is 69.3 Å². The van der Waals surface area contributed by atoms with Crippen molar-refractivity contribution in [2.75, 3.05) is 43.4 Å². The molecule has 1 aliphatic heterocycles. The van der Waals surface area contributed by atoms with Gasteiger partial charge in [0.25, 0.3) is 0 Å². The van der Waals surface area contributed by atoms with Crippen LogP contribution in [0.3, 0.4) is 0 Å². The van der Waals surface area contributed by atoms with Gasteiger partial charge in [-0.2, -0.15) is 20.1 Å². The summed E-state index contributed by atoms with van der Waals surface area (Å²) in [5.74, 6) is 2.46. The standard InChI is InChI=1S/C21H22N8OS/c1-28-9-11-29(12-10-28)20-23-19(24-21(25-20)31-15-6-3-2-4-7-15)22-18-14-16(26-27-18)17-8-5-13-30-17/h2-8,13-14H,9-12H2,1H3,(H2,22,23,24,25,26,27). The molecule has 0 amide bonds. The van der Waals surface area contributed by atoms with Crippen LogP contribution < -0.4 is 10.2 Å². The van der Waals surface area contributed by atoms with E-state index >= 15 is 0 Å². The minimum absolute atomic E-state index is 0.458. The molecule has 0 aliphatic carbocycles. The van der Waals surface area contributed by atoms with Gasteiger partial charge in [-0.25, -0.2) is 0 Å². The molecule has 1 fully saturated rings. The lowest BCUT2D eigenvalue weighted by molar-refractivity contribution is 0.311. The molecule has 4 aromatic rings. The number of anilines is 3. The van der Waals surface area contributed by atoms with E-state index in [0.717, 1.165) is 42.5 Å². The third kappa shape index (κ3) is 4.70. The van der Waals surface area contributed by atoms with Crippen LogP contribution in [0, 0.1) is 0 Å². The number of likely N-dealkylation sites (N-methyl/N-ethyl adjacent to an activating group) is 1. The Hall–Kier alpha value is -3.37. The Kier molecular flexibility index (Phi) is 5.55. The van der Waals surface area contributed by atoms with E-state index < -0.39 is 0 Å². The second-order valence-corrected chi connectivity index (χ2v) is 8.26. The minimum atomic E-state index is 0.458. The number of H-pyrrole nitrogens is 1. The maximum Gasteiger partial charge on any atom is 0.234 e. The van der Waals surface area contributed by atoms with Gasteiger partial charge in [0.1, 0.15) is 5.69 Å². The van der Waals surface area contributed by atoms with Gasteiger partial charge in [-0.15, -0.1) is 0 Å². The maximum atomic E-state index is 5.42. The van der Waals surface area contributed by atoms with Crippen LogP contribution in [0.1, 0.15) is 0 Å². The zero-order chi connectivity index (χ0) is 21.0. The summed E-state index contributed by atoms with van der Waals surface area (Å²) in [6.07, 6.45) is 1.63. The molecule has 10 heteroatoms. The molecule has 3 aromatic heterocycles. The van der Waals surface area contributed by atoms with Crippen LogP contribution in [-0.2, 0) is 0 Å². The first kappa shape index (κ1) is 19.6. The van der Waals surface area contributed by atoms with Crippen molar-refractivity contribution in [3.8, 4) is 11.5 Å². The van der Waals surface area contributed by atoms with E-state index in [-0.39, 0.29) is 0 Å². The monoisotopic (exact) mass is 434 g/mol. The fourth-order valence-corrected chi connectivity index (χ4v) is 4.01. The lowest BCUT2D eigenvalue weighted by Crippen LogP contribution is -2.45. The Labute approximate surface area is 183 Å². The number of rotatable bonds is 6. The number of benzene rings is 1. The second kappa shape index (κ2) is 8.78. The molecular formula is C21H22N8OS. The Morgan fingerprint density at radius 2 is 1.84 bits per heavy atom. The molecule has 31 heavy (non-hydrogen) atoms. The van der Waals surface area contributed by atoms with Crippen molar-refractivity contribution in [3.63, 3.8) is 0 Å². The second-order valence-electron chi connectivity index (χ2n) is 7.22. The molecule has 158 valence electrons. The number of aromatic nitrogens is 5. The van der Waals surface area contributed by atoms with E-state index in [4.69, 9.17) is 9.40 Å². The minimum Gasteiger partial charge on any atom is -0.463 e. The highest BCUT2D eigenvalue weighted by molar-refractivity contribution is 7.99. The van der Waals surface area contributed by atoms with Gasteiger partial charge in [0.15, 0.2) is 16.7 Å². The SMILES string of the molecule is CN1CCN(c2nc(Nc3cc(-c4ccco4)[nH]n3)nc(Sc3ccccc3)n2)CC1. The van der Waals surface area contributed by atoms with E-state index in [1.54, 1.807) is 6.26 Å². The third-order valence-corrected chi connectivity index (χ3v) is 5.82. The van der Waals surface area contributed by atoms with Crippen molar-refractivity contribution in [1.82, 2.24) is 30.0 Å². The molecule has 0 bridgehead atoms. The molecule has 0 saturated carbocycles. The lowest BCUT2D eigenvalue weighted by atomic mass is 10.3. The number of nitrogens with zero attached hydrogens (tertiary/aromatic N) is 6. The average molecular weight is 435 g/mol. The summed E-state index contributed by atoms with van der Waals surface area (Å²) in [4.78, 5) is 19.6. The molecule has 1 aromatic carbocycles. The first-order valence-corrected chi connectivity index (χ1v) is 10.8. The van der Waals surface area contributed by atoms with Gasteiger partial charge < -0.3 is 19.5 Å². The quantitative estimate of drug-likeness (QED) is 0.472. The van der Waals surface area contributed by atoms with Gasteiger partial charge in [-0.05, 0) is 43.1 Å². The van der Waals surface area contributed by atoms with Crippen molar-refractivity contribution in [2.24, 2.45) is 0 Å². The summed E-state index contributed by atoms with van der Waals surface area (Å²) in [5.41, 5.74) is 0.778. The number of furan rings is 1. The molecule has 1 saturated heterocycles. The molecule has 0 spiro atoms. The van der Waals surface area contributed by atoms with Crippen molar-refractivity contribution < 1.29 is 4.42 Å². The molecule has 5 rings (SSSR count). The first-order chi connectivity index (χ1) is 15.2. The number of nitrogens with one attached hydrogen (secondary N) is 2. The van der Waals surface area contributed by atoms with Crippen molar-refractivity contribution in [2.45, 2.75) is 10.1 Å². The average Bonchev–Trinajstić information content (AvgIpc) is 3.47. The topological polar surface area (TPSA) is 99.0 Å². The summed E-state index contributed by atoms with van der Waals surface area (Å²) in [6, 6.07) is 15.7. The summed E-state index contributed by atoms with van der Waals surface area (Å²) >= 11 is 1.51. The number of hydrogen-bond acceptors (Lipinski definition) is 9. The third-order valence-electron chi connectivity index (χ3n) is 4.95. The Morgan fingerprint density at radius 1 is 1.00 bits per heavy atom. The predicted molar refractivity (Wildman–Crippen MR) is 120 cm³/mol. The summed E-state index contributed by atoms with van der Waals surface area (Å²) in [6.45, 7) is 3.70. The molecule has 4 heterocycles. The predicted octanol–water partition coefficient (Wildman–Crippen LogP) is 3.50. The van der Waals surface area contributed by atoms with E-state index in [0.29, 0.717) is 22.9 Å². The zero-order valence-corrected chi connectivity index (χ0v) is 17.8. The lowest BCUT2D eigenvalue weighted by Gasteiger charge is -2.32. The fourth-order valence-electron chi connectivity index (χ4n) is 3.25. The molecular weight excluding hydrogens is 412 g/mol. The van der Waals surface area contributed by atoms with Crippen LogP contribution in [0.4, 0.5) is 17.7 Å². The highest BCUT2D eigenvalue weighted by atomic mass is 32.2. The Morgan fingerprint density at radius 3 is 2.61 bits per heavy atom. The summed E-state index contributed by atoms with van der Waals surface area (Å²) < 4.78 is 5.42. The highest BCUT2D eigenvalue weighted by Gasteiger charge is 2.19. The maximum absolute atomic E-state index is 5.42. The summed E-state index contributed by atoms with van der Waals surface area (Å²) in [5, 5.41) is 11.1. The number of aromatic amines is 1. The first-order valence-electron chi connectivity index (χ1n) is 10.0. The van der Waals surface area contributed by atoms with E-state index in [2.05, 4.69) is 42.3 Å². The van der Waals surface area contributed by atoms with Crippen LogP contribution in [0.5, 0.6) is 0 Å². The van der Waals surface area contributed by atoms with Crippen LogP contribution >= 0.6 is 11.8 Å². The van der Waals surface area contributed by atoms with Gasteiger partial charge in [-0.1, -0.05) is 18.2 Å². The van der Waals surface area contributed by atoms with Crippen molar-refractivity contribution in [3.05, 3.63) is 54.8 Å². The fraction of sp³-hybridized carbons (Fsp3) is 0.238. The molecule has 0 unspecified atom stereocenters. The molecule has 0 atom stereocenters. The van der Waals surface area contributed by atoms with E-state index in [1.807, 2.05) is 48.5 Å². The Balaban J connectivity index is 1.42. The van der Waals surface area contributed by atoms with Gasteiger partial charge in [0, 0.05) is 37.1 Å². The summed E-state index contributed by atoms with van der Waals surface area (Å²) in [7, 11) is 2.13. The zero-order valence-electron chi connectivity index (χ0n) is 17.0. The number of piperazine rings is 1. The molecule has 9 nitrogen and oxygen atoms in total. The van der Waals surface area contributed by atoms with Gasteiger partial charge >= 0.3 is 0 Å². The molecule has 2 N–H and O–H groups in total. The van der Waals surface area contributed by atoms with Crippen LogP contribution in [-0.4, -0.2) is 63.3 Å². The Bertz CT molecular complexity index is 1120. The van der Waals surface area contributed by atoms with Crippen molar-refractivity contribution in [1.29, 1.82) is 0 Å². The van der Waals surface area contributed by atoms with Crippen molar-refractivity contribution >= 4 is 29.5 Å². The van der Waals surface area contributed by atoms with Crippen LogP contribution in [0.2, 0.25) is 0 Å². The molecule has 0 radical (unpaired) electrons. The van der Waals surface area contributed by atoms with E-state index in [1.165, 1.54) is 11.8 Å². The van der Waals surface area contributed by atoms with E-state index in [9.17, 15) is 0 Å². The van der Waals surface area contributed by atoms with Gasteiger partial charge in [0.05, 0.1) is 6.26 Å². The van der Waals surface area contributed by atoms with Gasteiger partial charge in [0.2, 0.25) is 11.9 Å². The smallest absolute Gasteiger partial charge is 0.234 e. The molecule has 1 aliphatic rings.